The molecule has 1 atom stereocenters. The molecule has 20 heavy (non-hydrogen) atoms. The molecule has 1 aromatic heterocycles. The van der Waals surface area contributed by atoms with Gasteiger partial charge in [0.2, 0.25) is 0 Å². The third-order valence-electron chi connectivity index (χ3n) is 3.42. The molecule has 4 nitrogen and oxygen atoms in total. The van der Waals surface area contributed by atoms with Crippen molar-refractivity contribution in [3.8, 4) is 5.75 Å². The van der Waals surface area contributed by atoms with Gasteiger partial charge in [-0.2, -0.15) is 5.10 Å². The van der Waals surface area contributed by atoms with Crippen LogP contribution in [0.5, 0.6) is 5.75 Å². The molecular formula is C15H18BrN3O. The van der Waals surface area contributed by atoms with Gasteiger partial charge >= 0.3 is 0 Å². The maximum absolute atomic E-state index is 5.91. The van der Waals surface area contributed by atoms with Crippen molar-refractivity contribution in [2.45, 2.75) is 26.0 Å². The van der Waals surface area contributed by atoms with E-state index >= 15 is 0 Å². The number of aryl methyl sites for hydroxylation is 1. The fraction of sp³-hybridized carbons (Fsp3) is 0.400. The van der Waals surface area contributed by atoms with E-state index in [0.29, 0.717) is 0 Å². The topological polar surface area (TPSA) is 39.1 Å². The average Bonchev–Trinajstić information content (AvgIpc) is 3.00. The van der Waals surface area contributed by atoms with Crippen molar-refractivity contribution >= 4 is 15.9 Å². The second kappa shape index (κ2) is 5.97. The summed E-state index contributed by atoms with van der Waals surface area (Å²) in [7, 11) is 0. The highest BCUT2D eigenvalue weighted by Crippen LogP contribution is 2.30. The molecule has 0 bridgehead atoms. The fourth-order valence-corrected chi connectivity index (χ4v) is 2.86. The zero-order chi connectivity index (χ0) is 13.9. The van der Waals surface area contributed by atoms with Gasteiger partial charge in [0.1, 0.15) is 11.9 Å². The lowest BCUT2D eigenvalue weighted by molar-refractivity contribution is 0.227. The van der Waals surface area contributed by atoms with Crippen LogP contribution < -0.4 is 10.1 Å². The highest BCUT2D eigenvalue weighted by atomic mass is 79.9. The van der Waals surface area contributed by atoms with Crippen molar-refractivity contribution in [3.05, 3.63) is 46.2 Å². The lowest BCUT2D eigenvalue weighted by Gasteiger charge is -2.11. The van der Waals surface area contributed by atoms with Crippen LogP contribution in [0.4, 0.5) is 0 Å². The molecule has 2 aromatic rings. The molecule has 0 saturated heterocycles. The van der Waals surface area contributed by atoms with Crippen LogP contribution in [0.1, 0.15) is 11.1 Å². The highest BCUT2D eigenvalue weighted by Gasteiger charge is 2.22. The molecule has 1 aliphatic rings. The summed E-state index contributed by atoms with van der Waals surface area (Å²) in [6, 6.07) is 6.20. The third-order valence-corrected chi connectivity index (χ3v) is 3.91. The van der Waals surface area contributed by atoms with Gasteiger partial charge in [0.25, 0.3) is 0 Å². The van der Waals surface area contributed by atoms with Gasteiger partial charge in [-0.15, -0.1) is 0 Å². The molecule has 3 rings (SSSR count). The molecule has 106 valence electrons. The summed E-state index contributed by atoms with van der Waals surface area (Å²) in [6.07, 6.45) is 5.15. The maximum atomic E-state index is 5.91. The monoisotopic (exact) mass is 335 g/mol. The Morgan fingerprint density at radius 2 is 2.40 bits per heavy atom. The van der Waals surface area contributed by atoms with Crippen molar-refractivity contribution in [1.29, 1.82) is 0 Å². The summed E-state index contributed by atoms with van der Waals surface area (Å²) >= 11 is 3.50. The van der Waals surface area contributed by atoms with Gasteiger partial charge < -0.3 is 10.1 Å². The second-order valence-corrected chi connectivity index (χ2v) is 6.10. The first-order chi connectivity index (χ1) is 9.70. The van der Waals surface area contributed by atoms with Crippen molar-refractivity contribution in [3.63, 3.8) is 0 Å². The van der Waals surface area contributed by atoms with E-state index in [9.17, 15) is 0 Å². The largest absolute Gasteiger partial charge is 0.488 e. The molecule has 0 saturated carbocycles. The molecule has 0 aliphatic carbocycles. The van der Waals surface area contributed by atoms with E-state index in [1.807, 2.05) is 23.0 Å². The van der Waals surface area contributed by atoms with E-state index in [1.165, 1.54) is 11.1 Å². The number of nitrogens with zero attached hydrogens (tertiary/aromatic N) is 2. The normalized spacial score (nSPS) is 17.0. The standard InChI is InChI=1S/C15H18BrN3O/c1-11-8-18-19(10-11)5-4-17-9-14-7-12-6-13(16)2-3-15(12)20-14/h2-3,6,8,10,14,17H,4-5,7,9H2,1H3. The molecule has 0 fully saturated rings. The van der Waals surface area contributed by atoms with Crippen molar-refractivity contribution < 1.29 is 4.74 Å². The summed E-state index contributed by atoms with van der Waals surface area (Å²) in [6.45, 7) is 4.71. The molecule has 2 heterocycles. The van der Waals surface area contributed by atoms with Gasteiger partial charge in [-0.05, 0) is 36.2 Å². The van der Waals surface area contributed by atoms with Crippen LogP contribution in [0.2, 0.25) is 0 Å². The van der Waals surface area contributed by atoms with Crippen LogP contribution in [0.25, 0.3) is 0 Å². The van der Waals surface area contributed by atoms with E-state index in [-0.39, 0.29) is 6.10 Å². The Bertz CT molecular complexity index is 597. The minimum atomic E-state index is 0.235. The Morgan fingerprint density at radius 1 is 1.50 bits per heavy atom. The van der Waals surface area contributed by atoms with Crippen LogP contribution in [0.3, 0.4) is 0 Å². The zero-order valence-corrected chi connectivity index (χ0v) is 13.1. The Balaban J connectivity index is 1.42. The smallest absolute Gasteiger partial charge is 0.123 e. The SMILES string of the molecule is Cc1cnn(CCNCC2Cc3cc(Br)ccc3O2)c1. The molecule has 5 heteroatoms. The summed E-state index contributed by atoms with van der Waals surface area (Å²) < 4.78 is 8.99. The molecule has 0 amide bonds. The predicted octanol–water partition coefficient (Wildman–Crippen LogP) is 2.55. The van der Waals surface area contributed by atoms with E-state index in [0.717, 1.165) is 36.3 Å². The average molecular weight is 336 g/mol. The number of halogens is 1. The number of aromatic nitrogens is 2. The Kier molecular flexibility index (Phi) is 4.08. The Labute approximate surface area is 127 Å². The van der Waals surface area contributed by atoms with E-state index in [1.54, 1.807) is 0 Å². The third kappa shape index (κ3) is 3.22. The van der Waals surface area contributed by atoms with Crippen molar-refractivity contribution in [1.82, 2.24) is 15.1 Å². The first-order valence-corrected chi connectivity index (χ1v) is 7.65. The first-order valence-electron chi connectivity index (χ1n) is 6.85. The number of rotatable bonds is 5. The number of fused-ring (bicyclic) bond motifs is 1. The summed E-state index contributed by atoms with van der Waals surface area (Å²) in [5.41, 5.74) is 2.49. The minimum absolute atomic E-state index is 0.235. The maximum Gasteiger partial charge on any atom is 0.123 e. The summed E-state index contributed by atoms with van der Waals surface area (Å²) in [5.74, 6) is 1.02. The highest BCUT2D eigenvalue weighted by molar-refractivity contribution is 9.10. The molecule has 1 N–H and O–H groups in total. The van der Waals surface area contributed by atoms with E-state index in [2.05, 4.69) is 45.5 Å². The van der Waals surface area contributed by atoms with Crippen LogP contribution >= 0.6 is 15.9 Å². The lowest BCUT2D eigenvalue weighted by Crippen LogP contribution is -2.32. The minimum Gasteiger partial charge on any atom is -0.488 e. The zero-order valence-electron chi connectivity index (χ0n) is 11.5. The molecule has 1 aromatic carbocycles. The summed E-state index contributed by atoms with van der Waals surface area (Å²) in [5, 5.41) is 7.70. The Morgan fingerprint density at radius 3 is 3.20 bits per heavy atom. The number of hydrogen-bond donors (Lipinski definition) is 1. The number of nitrogens with one attached hydrogen (secondary N) is 1. The summed E-state index contributed by atoms with van der Waals surface area (Å²) in [4.78, 5) is 0. The van der Waals surface area contributed by atoms with Crippen molar-refractivity contribution in [2.24, 2.45) is 0 Å². The number of benzene rings is 1. The molecule has 1 aliphatic heterocycles. The van der Waals surface area contributed by atoms with Crippen LogP contribution in [-0.4, -0.2) is 29.0 Å². The van der Waals surface area contributed by atoms with Crippen LogP contribution in [0.15, 0.2) is 35.1 Å². The Hall–Kier alpha value is -1.33. The molecular weight excluding hydrogens is 318 g/mol. The predicted molar refractivity (Wildman–Crippen MR) is 82.1 cm³/mol. The second-order valence-electron chi connectivity index (χ2n) is 5.18. The quantitative estimate of drug-likeness (QED) is 0.853. The van der Waals surface area contributed by atoms with Gasteiger partial charge in [0.05, 0.1) is 12.7 Å². The molecule has 0 radical (unpaired) electrons. The van der Waals surface area contributed by atoms with Gasteiger partial charge in [-0.3, -0.25) is 4.68 Å². The first kappa shape index (κ1) is 13.6. The van der Waals surface area contributed by atoms with Crippen LogP contribution in [0, 0.1) is 6.92 Å². The van der Waals surface area contributed by atoms with Gasteiger partial charge in [-0.1, -0.05) is 15.9 Å². The van der Waals surface area contributed by atoms with E-state index < -0.39 is 0 Å². The number of hydrogen-bond acceptors (Lipinski definition) is 3. The van der Waals surface area contributed by atoms with Gasteiger partial charge in [0, 0.05) is 30.2 Å². The van der Waals surface area contributed by atoms with Crippen molar-refractivity contribution in [2.75, 3.05) is 13.1 Å². The van der Waals surface area contributed by atoms with Gasteiger partial charge in [-0.25, -0.2) is 0 Å². The molecule has 1 unspecified atom stereocenters. The van der Waals surface area contributed by atoms with Crippen LogP contribution in [-0.2, 0) is 13.0 Å². The lowest BCUT2D eigenvalue weighted by atomic mass is 10.1. The fourth-order valence-electron chi connectivity index (χ4n) is 2.45. The van der Waals surface area contributed by atoms with E-state index in [4.69, 9.17) is 4.74 Å². The van der Waals surface area contributed by atoms with Gasteiger partial charge in [0.15, 0.2) is 0 Å². The molecule has 0 spiro atoms. The number of ether oxygens (including phenoxy) is 1.